The van der Waals surface area contributed by atoms with Gasteiger partial charge < -0.3 is 15.5 Å². The van der Waals surface area contributed by atoms with E-state index in [1.807, 2.05) is 6.92 Å². The van der Waals surface area contributed by atoms with Crippen LogP contribution in [0.5, 0.6) is 0 Å². The van der Waals surface area contributed by atoms with Crippen LogP contribution in [-0.4, -0.2) is 28.9 Å². The third kappa shape index (κ3) is 2.50. The second-order valence-corrected chi connectivity index (χ2v) is 3.20. The molecule has 1 fully saturated rings. The minimum Gasteiger partial charge on any atom is -0.513 e. The van der Waals surface area contributed by atoms with Crippen molar-refractivity contribution in [1.29, 1.82) is 0 Å². The van der Waals surface area contributed by atoms with Crippen molar-refractivity contribution in [2.24, 2.45) is 0 Å². The second kappa shape index (κ2) is 4.48. The summed E-state index contributed by atoms with van der Waals surface area (Å²) in [5.41, 5.74) is 0. The highest BCUT2D eigenvalue weighted by atomic mass is 16.3. The van der Waals surface area contributed by atoms with Crippen molar-refractivity contribution < 1.29 is 10.2 Å². The standard InChI is InChI=1S/C9H17NO2/c1-2-7(11)6-8-9(12)4-3-5-10-8/h6,8-12H,2-5H2,1H3/b7-6-/t8-,9-/m1/s1. The number of hydrogen-bond donors (Lipinski definition) is 3. The summed E-state index contributed by atoms with van der Waals surface area (Å²) in [6.45, 7) is 2.82. The van der Waals surface area contributed by atoms with Gasteiger partial charge in [-0.05, 0) is 25.5 Å². The molecule has 12 heavy (non-hydrogen) atoms. The fourth-order valence-electron chi connectivity index (χ4n) is 1.39. The Labute approximate surface area is 73.1 Å². The van der Waals surface area contributed by atoms with E-state index in [-0.39, 0.29) is 12.1 Å². The third-order valence-electron chi connectivity index (χ3n) is 2.21. The summed E-state index contributed by atoms with van der Waals surface area (Å²) in [6.07, 6.45) is 3.84. The number of hydrogen-bond acceptors (Lipinski definition) is 3. The SMILES string of the molecule is CC/C(O)=C/[C@H]1NCCC[C@H]1O. The molecule has 0 saturated carbocycles. The quantitative estimate of drug-likeness (QED) is 0.542. The number of rotatable bonds is 2. The minimum absolute atomic E-state index is 0.0568. The van der Waals surface area contributed by atoms with Crippen molar-refractivity contribution in [3.63, 3.8) is 0 Å². The lowest BCUT2D eigenvalue weighted by molar-refractivity contribution is 0.113. The summed E-state index contributed by atoms with van der Waals surface area (Å²) < 4.78 is 0. The van der Waals surface area contributed by atoms with Crippen LogP contribution in [0.3, 0.4) is 0 Å². The minimum atomic E-state index is -0.340. The fraction of sp³-hybridized carbons (Fsp3) is 0.778. The average Bonchev–Trinajstić information content (AvgIpc) is 2.09. The van der Waals surface area contributed by atoms with Gasteiger partial charge >= 0.3 is 0 Å². The molecule has 2 atom stereocenters. The van der Waals surface area contributed by atoms with Gasteiger partial charge in [0.25, 0.3) is 0 Å². The maximum Gasteiger partial charge on any atom is 0.0896 e. The normalized spacial score (nSPS) is 32.0. The van der Waals surface area contributed by atoms with E-state index in [2.05, 4.69) is 5.32 Å². The number of aliphatic hydroxyl groups excluding tert-OH is 2. The van der Waals surface area contributed by atoms with E-state index in [9.17, 15) is 10.2 Å². The highest BCUT2D eigenvalue weighted by molar-refractivity contribution is 5.02. The van der Waals surface area contributed by atoms with E-state index in [0.717, 1.165) is 19.4 Å². The molecule has 0 amide bonds. The van der Waals surface area contributed by atoms with Crippen LogP contribution in [0, 0.1) is 0 Å². The van der Waals surface area contributed by atoms with E-state index in [4.69, 9.17) is 0 Å². The zero-order chi connectivity index (χ0) is 8.97. The van der Waals surface area contributed by atoms with E-state index in [0.29, 0.717) is 12.2 Å². The van der Waals surface area contributed by atoms with Gasteiger partial charge in [-0.2, -0.15) is 0 Å². The van der Waals surface area contributed by atoms with Crippen LogP contribution in [0.4, 0.5) is 0 Å². The monoisotopic (exact) mass is 171 g/mol. The van der Waals surface area contributed by atoms with Crippen LogP contribution in [0.1, 0.15) is 26.2 Å². The molecule has 0 radical (unpaired) electrons. The molecule has 3 N–H and O–H groups in total. The van der Waals surface area contributed by atoms with Crippen LogP contribution in [0.25, 0.3) is 0 Å². The molecule has 0 aliphatic carbocycles. The Morgan fingerprint density at radius 2 is 2.42 bits per heavy atom. The van der Waals surface area contributed by atoms with E-state index < -0.39 is 0 Å². The molecular weight excluding hydrogens is 154 g/mol. The Hall–Kier alpha value is -0.540. The van der Waals surface area contributed by atoms with Gasteiger partial charge in [-0.3, -0.25) is 0 Å². The van der Waals surface area contributed by atoms with E-state index in [1.165, 1.54) is 0 Å². The summed E-state index contributed by atoms with van der Waals surface area (Å²) in [4.78, 5) is 0. The van der Waals surface area contributed by atoms with Gasteiger partial charge in [0.15, 0.2) is 0 Å². The van der Waals surface area contributed by atoms with E-state index >= 15 is 0 Å². The summed E-state index contributed by atoms with van der Waals surface area (Å²) in [5, 5.41) is 21.9. The Balaban J connectivity index is 2.48. The molecule has 70 valence electrons. The molecule has 0 spiro atoms. The first-order valence-corrected chi connectivity index (χ1v) is 4.55. The molecule has 1 aliphatic rings. The summed E-state index contributed by atoms with van der Waals surface area (Å²) in [7, 11) is 0. The maximum absolute atomic E-state index is 9.50. The predicted molar refractivity (Wildman–Crippen MR) is 48.0 cm³/mol. The largest absolute Gasteiger partial charge is 0.513 e. The molecule has 3 nitrogen and oxygen atoms in total. The Morgan fingerprint density at radius 3 is 3.00 bits per heavy atom. The first-order chi connectivity index (χ1) is 5.74. The van der Waals surface area contributed by atoms with Gasteiger partial charge in [-0.25, -0.2) is 0 Å². The molecule has 1 rings (SSSR count). The summed E-state index contributed by atoms with van der Waals surface area (Å²) >= 11 is 0. The van der Waals surface area contributed by atoms with Crippen molar-refractivity contribution in [3.8, 4) is 0 Å². The van der Waals surface area contributed by atoms with Gasteiger partial charge in [-0.15, -0.1) is 0 Å². The first-order valence-electron chi connectivity index (χ1n) is 4.55. The average molecular weight is 171 g/mol. The molecule has 0 aromatic carbocycles. The number of nitrogens with one attached hydrogen (secondary N) is 1. The lowest BCUT2D eigenvalue weighted by Crippen LogP contribution is -2.43. The molecule has 3 heteroatoms. The molecule has 1 aliphatic heterocycles. The maximum atomic E-state index is 9.50. The second-order valence-electron chi connectivity index (χ2n) is 3.20. The Kier molecular flexibility index (Phi) is 3.56. The smallest absolute Gasteiger partial charge is 0.0896 e. The molecule has 1 heterocycles. The van der Waals surface area contributed by atoms with Crippen LogP contribution >= 0.6 is 0 Å². The number of allylic oxidation sites excluding steroid dienone is 1. The van der Waals surface area contributed by atoms with Crippen molar-refractivity contribution in [1.82, 2.24) is 5.32 Å². The van der Waals surface area contributed by atoms with Gasteiger partial charge in [-0.1, -0.05) is 6.92 Å². The summed E-state index contributed by atoms with van der Waals surface area (Å²) in [6, 6.07) is -0.0568. The number of piperidine rings is 1. The molecular formula is C9H17NO2. The van der Waals surface area contributed by atoms with Crippen LogP contribution in [0.2, 0.25) is 0 Å². The molecule has 0 aromatic heterocycles. The van der Waals surface area contributed by atoms with Crippen molar-refractivity contribution in [3.05, 3.63) is 11.8 Å². The van der Waals surface area contributed by atoms with Gasteiger partial charge in [0.05, 0.1) is 17.9 Å². The zero-order valence-corrected chi connectivity index (χ0v) is 7.45. The molecule has 0 aromatic rings. The topological polar surface area (TPSA) is 52.5 Å². The fourth-order valence-corrected chi connectivity index (χ4v) is 1.39. The lowest BCUT2D eigenvalue weighted by atomic mass is 10.0. The van der Waals surface area contributed by atoms with E-state index in [1.54, 1.807) is 6.08 Å². The predicted octanol–water partition coefficient (Wildman–Crippen LogP) is 0.951. The van der Waals surface area contributed by atoms with Gasteiger partial charge in [0.2, 0.25) is 0 Å². The highest BCUT2D eigenvalue weighted by Gasteiger charge is 2.20. The Morgan fingerprint density at radius 1 is 1.67 bits per heavy atom. The van der Waals surface area contributed by atoms with Crippen LogP contribution in [-0.2, 0) is 0 Å². The molecule has 1 saturated heterocycles. The van der Waals surface area contributed by atoms with Crippen molar-refractivity contribution >= 4 is 0 Å². The zero-order valence-electron chi connectivity index (χ0n) is 7.45. The lowest BCUT2D eigenvalue weighted by Gasteiger charge is -2.26. The van der Waals surface area contributed by atoms with Crippen LogP contribution in [0.15, 0.2) is 11.8 Å². The number of aliphatic hydroxyl groups is 2. The van der Waals surface area contributed by atoms with Crippen LogP contribution < -0.4 is 5.32 Å². The summed E-state index contributed by atoms with van der Waals surface area (Å²) in [5.74, 6) is 0.355. The van der Waals surface area contributed by atoms with Gasteiger partial charge in [0.1, 0.15) is 0 Å². The third-order valence-corrected chi connectivity index (χ3v) is 2.21. The first kappa shape index (κ1) is 9.55. The highest BCUT2D eigenvalue weighted by Crippen LogP contribution is 2.11. The van der Waals surface area contributed by atoms with Crippen molar-refractivity contribution in [2.75, 3.05) is 6.54 Å². The van der Waals surface area contributed by atoms with Gasteiger partial charge in [0, 0.05) is 6.42 Å². The molecule has 0 unspecified atom stereocenters. The Bertz CT molecular complexity index is 168. The van der Waals surface area contributed by atoms with Crippen molar-refractivity contribution in [2.45, 2.75) is 38.3 Å². The molecule has 0 bridgehead atoms.